The molecule has 0 radical (unpaired) electrons. The molecule has 0 fully saturated rings. The van der Waals surface area contributed by atoms with Crippen molar-refractivity contribution in [3.8, 4) is 0 Å². The fraction of sp³-hybridized carbons (Fsp3) is 0.100. The molecule has 0 saturated heterocycles. The van der Waals surface area contributed by atoms with Gasteiger partial charge in [-0.05, 0) is 55.8 Å². The van der Waals surface area contributed by atoms with Crippen LogP contribution in [0.4, 0.5) is 23.1 Å². The Hall–Kier alpha value is -4.14. The Morgan fingerprint density at radius 3 is 2.59 bits per heavy atom. The molecule has 2 heterocycles. The number of carboxylic acids is 1. The number of benzene rings is 2. The molecule has 2 aromatic carbocycles. The molecule has 0 aliphatic heterocycles. The van der Waals surface area contributed by atoms with E-state index in [0.717, 1.165) is 11.3 Å². The van der Waals surface area contributed by atoms with Crippen LogP contribution in [0.25, 0.3) is 11.1 Å². The number of carbonyl (C=O) groups is 1. The second-order valence-electron chi connectivity index (χ2n) is 6.54. The lowest BCUT2D eigenvalue weighted by molar-refractivity contribution is 0.0696. The minimum Gasteiger partial charge on any atom is -0.478 e. The highest BCUT2D eigenvalue weighted by Gasteiger charge is 2.10. The number of anilines is 4. The topological polar surface area (TPSA) is 133 Å². The summed E-state index contributed by atoms with van der Waals surface area (Å²) in [4.78, 5) is 33.8. The largest absolute Gasteiger partial charge is 0.478 e. The number of oxazole rings is 1. The summed E-state index contributed by atoms with van der Waals surface area (Å²) >= 11 is 0. The monoisotopic (exact) mass is 391 g/mol. The van der Waals surface area contributed by atoms with Crippen LogP contribution in [0.2, 0.25) is 0 Å². The van der Waals surface area contributed by atoms with Gasteiger partial charge < -0.3 is 20.2 Å². The molecule has 146 valence electrons. The number of aromatic carboxylic acids is 1. The number of nitrogens with zero attached hydrogens (tertiary/aromatic N) is 2. The van der Waals surface area contributed by atoms with Gasteiger partial charge in [-0.15, -0.1) is 0 Å². The summed E-state index contributed by atoms with van der Waals surface area (Å²) in [6.45, 7) is 3.60. The Labute approximate surface area is 164 Å². The number of aryl methyl sites for hydroxylation is 2. The molecule has 0 amide bonds. The van der Waals surface area contributed by atoms with E-state index in [0.29, 0.717) is 34.1 Å². The second kappa shape index (κ2) is 7.12. The molecule has 29 heavy (non-hydrogen) atoms. The molecule has 9 nitrogen and oxygen atoms in total. The molecule has 0 unspecified atom stereocenters. The molecule has 0 aliphatic carbocycles. The first-order valence-corrected chi connectivity index (χ1v) is 8.73. The minimum atomic E-state index is -0.969. The van der Waals surface area contributed by atoms with E-state index in [4.69, 9.17) is 9.52 Å². The van der Waals surface area contributed by atoms with Crippen molar-refractivity contribution in [2.45, 2.75) is 13.8 Å². The normalized spacial score (nSPS) is 10.8. The molecule has 0 aliphatic rings. The van der Waals surface area contributed by atoms with Crippen LogP contribution in [0.1, 0.15) is 21.5 Å². The average molecular weight is 391 g/mol. The molecule has 4 rings (SSSR count). The third kappa shape index (κ3) is 3.79. The van der Waals surface area contributed by atoms with Gasteiger partial charge in [0, 0.05) is 23.1 Å². The number of fused-ring (bicyclic) bond motifs is 1. The van der Waals surface area contributed by atoms with Crippen molar-refractivity contribution in [3.05, 3.63) is 69.8 Å². The number of aromatic amines is 1. The SMILES string of the molecule is Cc1cc(Nc2ncc(C)c(Nc3ccc4oc(=O)[nH]c4c3)n2)ccc1C(=O)O. The zero-order valence-corrected chi connectivity index (χ0v) is 15.6. The highest BCUT2D eigenvalue weighted by Crippen LogP contribution is 2.24. The highest BCUT2D eigenvalue weighted by molar-refractivity contribution is 5.90. The predicted octanol–water partition coefficient (Wildman–Crippen LogP) is 3.71. The van der Waals surface area contributed by atoms with E-state index >= 15 is 0 Å². The minimum absolute atomic E-state index is 0.246. The first kappa shape index (κ1) is 18.2. The van der Waals surface area contributed by atoms with Crippen LogP contribution >= 0.6 is 0 Å². The third-order valence-electron chi connectivity index (χ3n) is 4.37. The van der Waals surface area contributed by atoms with Gasteiger partial charge in [-0.2, -0.15) is 4.98 Å². The Morgan fingerprint density at radius 1 is 1.07 bits per heavy atom. The summed E-state index contributed by atoms with van der Waals surface area (Å²) in [6.07, 6.45) is 1.67. The quantitative estimate of drug-likeness (QED) is 0.405. The van der Waals surface area contributed by atoms with E-state index in [1.54, 1.807) is 43.5 Å². The maximum atomic E-state index is 11.3. The van der Waals surface area contributed by atoms with Gasteiger partial charge in [0.1, 0.15) is 5.82 Å². The van der Waals surface area contributed by atoms with E-state index in [9.17, 15) is 9.59 Å². The standard InChI is InChI=1S/C20H17N5O4/c1-10-7-12(3-5-14(10)18(26)27)23-19-21-9-11(2)17(25-19)22-13-4-6-16-15(8-13)24-20(28)29-16/h3-9H,1-2H3,(H,24,28)(H,26,27)(H2,21,22,23,25). The Kier molecular flexibility index (Phi) is 4.47. The number of aromatic nitrogens is 3. The summed E-state index contributed by atoms with van der Waals surface area (Å²) in [5, 5.41) is 15.4. The van der Waals surface area contributed by atoms with Crippen molar-refractivity contribution in [3.63, 3.8) is 0 Å². The van der Waals surface area contributed by atoms with Gasteiger partial charge in [-0.3, -0.25) is 4.98 Å². The Balaban J connectivity index is 1.59. The molecule has 9 heteroatoms. The van der Waals surface area contributed by atoms with Crippen LogP contribution in [0, 0.1) is 13.8 Å². The van der Waals surface area contributed by atoms with Gasteiger partial charge in [0.25, 0.3) is 0 Å². The summed E-state index contributed by atoms with van der Waals surface area (Å²) in [6, 6.07) is 10.1. The smallest absolute Gasteiger partial charge is 0.417 e. The van der Waals surface area contributed by atoms with Gasteiger partial charge in [0.15, 0.2) is 5.58 Å². The van der Waals surface area contributed by atoms with E-state index in [1.165, 1.54) is 6.07 Å². The number of carboxylic acid groups (broad SMARTS) is 1. The fourth-order valence-corrected chi connectivity index (χ4v) is 2.91. The Morgan fingerprint density at radius 2 is 1.83 bits per heavy atom. The van der Waals surface area contributed by atoms with Crippen LogP contribution in [-0.4, -0.2) is 26.0 Å². The van der Waals surface area contributed by atoms with E-state index in [2.05, 4.69) is 25.6 Å². The van der Waals surface area contributed by atoms with Gasteiger partial charge in [0.05, 0.1) is 11.1 Å². The van der Waals surface area contributed by atoms with Crippen LogP contribution in [0.15, 0.2) is 51.8 Å². The fourth-order valence-electron chi connectivity index (χ4n) is 2.91. The number of hydrogen-bond acceptors (Lipinski definition) is 7. The van der Waals surface area contributed by atoms with Crippen molar-refractivity contribution in [1.82, 2.24) is 15.0 Å². The molecule has 0 atom stereocenters. The van der Waals surface area contributed by atoms with Crippen LogP contribution in [-0.2, 0) is 0 Å². The summed E-state index contributed by atoms with van der Waals surface area (Å²) in [7, 11) is 0. The molecule has 4 aromatic rings. The number of nitrogens with one attached hydrogen (secondary N) is 3. The molecule has 0 bridgehead atoms. The summed E-state index contributed by atoms with van der Waals surface area (Å²) in [5.74, 6) is -0.529. The first-order valence-electron chi connectivity index (χ1n) is 8.73. The molecule has 2 aromatic heterocycles. The highest BCUT2D eigenvalue weighted by atomic mass is 16.4. The van der Waals surface area contributed by atoms with Gasteiger partial charge in [0.2, 0.25) is 5.95 Å². The van der Waals surface area contributed by atoms with Gasteiger partial charge >= 0.3 is 11.7 Å². The number of hydrogen-bond donors (Lipinski definition) is 4. The maximum Gasteiger partial charge on any atom is 0.417 e. The Bertz CT molecular complexity index is 1290. The van der Waals surface area contributed by atoms with Gasteiger partial charge in [-0.1, -0.05) is 0 Å². The lowest BCUT2D eigenvalue weighted by Gasteiger charge is -2.12. The zero-order valence-electron chi connectivity index (χ0n) is 15.6. The van der Waals surface area contributed by atoms with Crippen molar-refractivity contribution in [1.29, 1.82) is 0 Å². The second-order valence-corrected chi connectivity index (χ2v) is 6.54. The van der Waals surface area contributed by atoms with Crippen molar-refractivity contribution < 1.29 is 14.3 Å². The molecule has 0 spiro atoms. The number of H-pyrrole nitrogens is 1. The molecule has 0 saturated carbocycles. The van der Waals surface area contributed by atoms with E-state index in [-0.39, 0.29) is 5.56 Å². The number of rotatable bonds is 5. The van der Waals surface area contributed by atoms with Crippen molar-refractivity contribution >= 4 is 40.2 Å². The van der Waals surface area contributed by atoms with Crippen molar-refractivity contribution in [2.75, 3.05) is 10.6 Å². The molecular weight excluding hydrogens is 374 g/mol. The predicted molar refractivity (Wildman–Crippen MR) is 108 cm³/mol. The van der Waals surface area contributed by atoms with E-state index < -0.39 is 11.7 Å². The first-order chi connectivity index (χ1) is 13.9. The van der Waals surface area contributed by atoms with Crippen LogP contribution in [0.3, 0.4) is 0 Å². The maximum absolute atomic E-state index is 11.3. The van der Waals surface area contributed by atoms with Crippen LogP contribution < -0.4 is 16.4 Å². The lowest BCUT2D eigenvalue weighted by Crippen LogP contribution is -2.04. The average Bonchev–Trinajstić information content (AvgIpc) is 3.03. The zero-order chi connectivity index (χ0) is 20.5. The van der Waals surface area contributed by atoms with E-state index in [1.807, 2.05) is 6.92 Å². The molecule has 4 N–H and O–H groups in total. The summed E-state index contributed by atoms with van der Waals surface area (Å²) < 4.78 is 5.00. The van der Waals surface area contributed by atoms with Gasteiger partial charge in [-0.25, -0.2) is 14.6 Å². The third-order valence-corrected chi connectivity index (χ3v) is 4.37. The van der Waals surface area contributed by atoms with Crippen LogP contribution in [0.5, 0.6) is 0 Å². The summed E-state index contributed by atoms with van der Waals surface area (Å²) in [5.41, 5.74) is 4.17. The lowest BCUT2D eigenvalue weighted by atomic mass is 10.1. The molecular formula is C20H17N5O4. The van der Waals surface area contributed by atoms with Crippen molar-refractivity contribution in [2.24, 2.45) is 0 Å².